The standard InChI is InChI=1S/C18H17N3O6S2/c1-21(27-2)29(25,26)15-8-6-13(7-9-15)18(22)20-28(23,24)17-5-3-4-14-12-19-11-10-16(14)17/h3-12H,1-2H3,(H,20,22). The number of amides is 1. The summed E-state index contributed by atoms with van der Waals surface area (Å²) in [6, 6.07) is 11.0. The average Bonchev–Trinajstić information content (AvgIpc) is 2.72. The highest BCUT2D eigenvalue weighted by Gasteiger charge is 2.23. The Morgan fingerprint density at radius 3 is 2.38 bits per heavy atom. The molecule has 0 aliphatic heterocycles. The van der Waals surface area contributed by atoms with Gasteiger partial charge < -0.3 is 0 Å². The Morgan fingerprint density at radius 2 is 1.72 bits per heavy atom. The van der Waals surface area contributed by atoms with Crippen molar-refractivity contribution in [1.82, 2.24) is 14.2 Å². The van der Waals surface area contributed by atoms with E-state index in [2.05, 4.69) is 9.82 Å². The molecule has 1 aromatic heterocycles. The first-order valence-electron chi connectivity index (χ1n) is 8.20. The molecule has 1 amide bonds. The highest BCUT2D eigenvalue weighted by molar-refractivity contribution is 7.90. The number of hydrogen-bond donors (Lipinski definition) is 1. The Kier molecular flexibility index (Phi) is 5.66. The van der Waals surface area contributed by atoms with Gasteiger partial charge in [0.25, 0.3) is 26.0 Å². The number of carbonyl (C=O) groups is 1. The second kappa shape index (κ2) is 7.87. The highest BCUT2D eigenvalue weighted by atomic mass is 32.2. The molecule has 0 saturated heterocycles. The van der Waals surface area contributed by atoms with E-state index in [0.29, 0.717) is 15.2 Å². The molecular weight excluding hydrogens is 418 g/mol. The minimum absolute atomic E-state index is 0.0190. The van der Waals surface area contributed by atoms with E-state index in [1.807, 2.05) is 4.72 Å². The van der Waals surface area contributed by atoms with Crippen molar-refractivity contribution in [2.24, 2.45) is 0 Å². The lowest BCUT2D eigenvalue weighted by Crippen LogP contribution is -2.31. The smallest absolute Gasteiger partial charge is 0.264 e. The second-order valence-electron chi connectivity index (χ2n) is 5.91. The third-order valence-electron chi connectivity index (χ3n) is 4.17. The van der Waals surface area contributed by atoms with Gasteiger partial charge in [0.2, 0.25) is 0 Å². The number of aromatic nitrogens is 1. The van der Waals surface area contributed by atoms with Crippen LogP contribution in [0.3, 0.4) is 0 Å². The fourth-order valence-corrected chi connectivity index (χ4v) is 4.77. The maximum Gasteiger partial charge on any atom is 0.264 e. The maximum absolute atomic E-state index is 12.7. The zero-order valence-corrected chi connectivity index (χ0v) is 17.1. The fourth-order valence-electron chi connectivity index (χ4n) is 2.59. The van der Waals surface area contributed by atoms with Gasteiger partial charge in [-0.1, -0.05) is 16.6 Å². The first kappa shape index (κ1) is 20.9. The van der Waals surface area contributed by atoms with Crippen LogP contribution in [0.1, 0.15) is 10.4 Å². The number of fused-ring (bicyclic) bond motifs is 1. The number of hydroxylamine groups is 1. The summed E-state index contributed by atoms with van der Waals surface area (Å²) in [7, 11) is -5.62. The molecule has 0 radical (unpaired) electrons. The Bertz CT molecular complexity index is 1270. The van der Waals surface area contributed by atoms with Gasteiger partial charge in [0.05, 0.1) is 16.9 Å². The maximum atomic E-state index is 12.7. The third-order valence-corrected chi connectivity index (χ3v) is 7.25. The number of sulfonamides is 2. The van der Waals surface area contributed by atoms with Crippen LogP contribution in [0.2, 0.25) is 0 Å². The van der Waals surface area contributed by atoms with Crippen molar-refractivity contribution >= 4 is 36.7 Å². The Morgan fingerprint density at radius 1 is 1.03 bits per heavy atom. The number of pyridine rings is 1. The van der Waals surface area contributed by atoms with E-state index in [9.17, 15) is 21.6 Å². The number of rotatable bonds is 6. The summed E-state index contributed by atoms with van der Waals surface area (Å²) >= 11 is 0. The van der Waals surface area contributed by atoms with Gasteiger partial charge in [-0.3, -0.25) is 14.6 Å². The van der Waals surface area contributed by atoms with E-state index >= 15 is 0 Å². The summed E-state index contributed by atoms with van der Waals surface area (Å²) < 4.78 is 52.5. The molecule has 0 saturated carbocycles. The summed E-state index contributed by atoms with van der Waals surface area (Å²) in [5, 5.41) is 1.03. The van der Waals surface area contributed by atoms with Crippen LogP contribution in [0.5, 0.6) is 0 Å². The van der Waals surface area contributed by atoms with Crippen LogP contribution in [-0.2, 0) is 24.9 Å². The van der Waals surface area contributed by atoms with Crippen molar-refractivity contribution in [3.05, 3.63) is 66.5 Å². The Labute approximate surface area is 168 Å². The van der Waals surface area contributed by atoms with Crippen LogP contribution < -0.4 is 4.72 Å². The molecule has 1 heterocycles. The largest absolute Gasteiger partial charge is 0.288 e. The molecule has 0 atom stereocenters. The van der Waals surface area contributed by atoms with Crippen molar-refractivity contribution in [2.75, 3.05) is 14.2 Å². The van der Waals surface area contributed by atoms with Crippen molar-refractivity contribution in [2.45, 2.75) is 9.79 Å². The molecule has 0 aliphatic rings. The zero-order chi connectivity index (χ0) is 21.2. The van der Waals surface area contributed by atoms with E-state index in [4.69, 9.17) is 0 Å². The van der Waals surface area contributed by atoms with Crippen LogP contribution in [0.4, 0.5) is 0 Å². The van der Waals surface area contributed by atoms with Gasteiger partial charge in [-0.2, -0.15) is 0 Å². The predicted octanol–water partition coefficient (Wildman–Crippen LogP) is 1.54. The number of nitrogens with zero attached hydrogens (tertiary/aromatic N) is 2. The molecule has 152 valence electrons. The fraction of sp³-hybridized carbons (Fsp3) is 0.111. The monoisotopic (exact) mass is 435 g/mol. The third kappa shape index (κ3) is 4.12. The van der Waals surface area contributed by atoms with Gasteiger partial charge >= 0.3 is 0 Å². The SMILES string of the molecule is CON(C)S(=O)(=O)c1ccc(C(=O)NS(=O)(=O)c2cccc3cnccc23)cc1. The van der Waals surface area contributed by atoms with Gasteiger partial charge in [0.1, 0.15) is 0 Å². The minimum Gasteiger partial charge on any atom is -0.288 e. The molecule has 29 heavy (non-hydrogen) atoms. The summed E-state index contributed by atoms with van der Waals surface area (Å²) in [6.07, 6.45) is 2.98. The number of hydrogen-bond acceptors (Lipinski definition) is 7. The van der Waals surface area contributed by atoms with Crippen molar-refractivity contribution in [1.29, 1.82) is 0 Å². The van der Waals surface area contributed by atoms with Crippen molar-refractivity contribution in [3.8, 4) is 0 Å². The summed E-state index contributed by atoms with van der Waals surface area (Å²) in [4.78, 5) is 20.9. The van der Waals surface area contributed by atoms with E-state index in [1.165, 1.54) is 56.9 Å². The number of nitrogens with one attached hydrogen (secondary N) is 1. The molecule has 3 rings (SSSR count). The Hall–Kier alpha value is -2.86. The molecule has 0 aliphatic carbocycles. The van der Waals surface area contributed by atoms with Crippen LogP contribution in [-0.4, -0.2) is 46.4 Å². The molecule has 11 heteroatoms. The lowest BCUT2D eigenvalue weighted by Gasteiger charge is -2.14. The van der Waals surface area contributed by atoms with Crippen LogP contribution in [0, 0.1) is 0 Å². The lowest BCUT2D eigenvalue weighted by molar-refractivity contribution is -0.0258. The van der Waals surface area contributed by atoms with E-state index in [-0.39, 0.29) is 15.4 Å². The number of benzene rings is 2. The normalized spacial score (nSPS) is 12.2. The highest BCUT2D eigenvalue weighted by Crippen LogP contribution is 2.22. The Balaban J connectivity index is 1.88. The number of carbonyl (C=O) groups excluding carboxylic acids is 1. The summed E-state index contributed by atoms with van der Waals surface area (Å²) in [6.45, 7) is 0. The van der Waals surface area contributed by atoms with Crippen LogP contribution in [0.25, 0.3) is 10.8 Å². The average molecular weight is 435 g/mol. The predicted molar refractivity (Wildman–Crippen MR) is 105 cm³/mol. The molecule has 0 fully saturated rings. The molecule has 0 bridgehead atoms. The lowest BCUT2D eigenvalue weighted by atomic mass is 10.2. The molecule has 0 unspecified atom stereocenters. The summed E-state index contributed by atoms with van der Waals surface area (Å²) in [5.74, 6) is -0.889. The van der Waals surface area contributed by atoms with E-state index < -0.39 is 26.0 Å². The van der Waals surface area contributed by atoms with Gasteiger partial charge in [-0.25, -0.2) is 21.6 Å². The molecule has 3 aromatic rings. The van der Waals surface area contributed by atoms with Crippen molar-refractivity contribution in [3.63, 3.8) is 0 Å². The molecule has 2 aromatic carbocycles. The van der Waals surface area contributed by atoms with Gasteiger partial charge in [0, 0.05) is 35.8 Å². The van der Waals surface area contributed by atoms with Gasteiger partial charge in [-0.15, -0.1) is 0 Å². The van der Waals surface area contributed by atoms with Gasteiger partial charge in [-0.05, 0) is 36.4 Å². The molecule has 1 N–H and O–H groups in total. The molecular formula is C18H17N3O6S2. The van der Waals surface area contributed by atoms with Crippen molar-refractivity contribution < 1.29 is 26.5 Å². The molecule has 9 nitrogen and oxygen atoms in total. The second-order valence-corrected chi connectivity index (χ2v) is 9.50. The first-order chi connectivity index (χ1) is 13.7. The first-order valence-corrected chi connectivity index (χ1v) is 11.1. The molecule has 0 spiro atoms. The van der Waals surface area contributed by atoms with E-state index in [0.717, 1.165) is 0 Å². The quantitative estimate of drug-likeness (QED) is 0.583. The topological polar surface area (TPSA) is 123 Å². The zero-order valence-electron chi connectivity index (χ0n) is 15.4. The minimum atomic E-state index is -4.16. The van der Waals surface area contributed by atoms with E-state index in [1.54, 1.807) is 18.2 Å². The van der Waals surface area contributed by atoms with Crippen LogP contribution >= 0.6 is 0 Å². The van der Waals surface area contributed by atoms with Gasteiger partial charge in [0.15, 0.2) is 0 Å². The van der Waals surface area contributed by atoms with Crippen LogP contribution in [0.15, 0.2) is 70.7 Å². The summed E-state index contributed by atoms with van der Waals surface area (Å²) in [5.41, 5.74) is -0.0190.